The zero-order valence-corrected chi connectivity index (χ0v) is 13.1. The Morgan fingerprint density at radius 2 is 2.09 bits per heavy atom. The molecule has 0 aliphatic rings. The highest BCUT2D eigenvalue weighted by molar-refractivity contribution is 9.10. The molecule has 0 spiro atoms. The lowest BCUT2D eigenvalue weighted by atomic mass is 10.2. The Kier molecular flexibility index (Phi) is 5.03. The number of amides is 2. The molecule has 1 heterocycles. The molecule has 0 atom stereocenters. The zero-order valence-electron chi connectivity index (χ0n) is 10.7. The number of primary amides is 1. The predicted molar refractivity (Wildman–Crippen MR) is 78.7 cm³/mol. The predicted octanol–water partition coefficient (Wildman–Crippen LogP) is 2.43. The van der Waals surface area contributed by atoms with E-state index in [-0.39, 0.29) is 26.5 Å². The molecular weight excluding hydrogens is 384 g/mol. The second kappa shape index (κ2) is 6.79. The molecule has 0 unspecified atom stereocenters. The van der Waals surface area contributed by atoms with Gasteiger partial charge in [0.1, 0.15) is 28.8 Å². The summed E-state index contributed by atoms with van der Waals surface area (Å²) in [7, 11) is 0. The highest BCUT2D eigenvalue weighted by Gasteiger charge is 2.21. The number of nitrogens with two attached hydrogens (primary N) is 1. The van der Waals surface area contributed by atoms with Gasteiger partial charge in [0.05, 0.1) is 5.56 Å². The normalized spacial score (nSPS) is 10.3. The molecule has 0 bridgehead atoms. The molecule has 1 aromatic carbocycles. The number of anilines is 1. The number of benzene rings is 1. The van der Waals surface area contributed by atoms with E-state index in [9.17, 15) is 18.4 Å². The van der Waals surface area contributed by atoms with Crippen molar-refractivity contribution in [1.29, 1.82) is 0 Å². The first kappa shape index (κ1) is 16.3. The fourth-order valence-corrected chi connectivity index (χ4v) is 2.69. The number of nitrogens with zero attached hydrogens (tertiary/aromatic N) is 1. The second-order valence-electron chi connectivity index (χ2n) is 3.95. The van der Waals surface area contributed by atoms with Crippen molar-refractivity contribution >= 4 is 44.8 Å². The van der Waals surface area contributed by atoms with Crippen LogP contribution in [0.2, 0.25) is 0 Å². The van der Waals surface area contributed by atoms with Crippen LogP contribution in [-0.4, -0.2) is 16.7 Å². The molecule has 0 saturated carbocycles. The number of rotatable bonds is 6. The van der Waals surface area contributed by atoms with Crippen molar-refractivity contribution in [3.63, 3.8) is 0 Å². The molecule has 0 aliphatic heterocycles. The molecule has 2 aromatic rings. The van der Waals surface area contributed by atoms with Gasteiger partial charge in [-0.05, 0) is 23.7 Å². The highest BCUT2D eigenvalue weighted by atomic mass is 79.9. The standard InChI is InChI=1S/C12H8BrF2N3O3S/c13-5-1-7(14)6(8(15)2-5)3-21-11-9(10(16)20)12(17-4-19)22-18-11/h1-2,4H,3H2,(H2,16,20)(H,17,19). The van der Waals surface area contributed by atoms with Gasteiger partial charge in [0.15, 0.2) is 0 Å². The molecule has 0 saturated heterocycles. The van der Waals surface area contributed by atoms with Crippen LogP contribution in [0.3, 0.4) is 0 Å². The summed E-state index contributed by atoms with van der Waals surface area (Å²) in [5.74, 6) is -2.71. The third-order valence-corrected chi connectivity index (χ3v) is 3.78. The van der Waals surface area contributed by atoms with Crippen molar-refractivity contribution < 1.29 is 23.1 Å². The first-order valence-corrected chi connectivity index (χ1v) is 7.26. The Labute approximate surface area is 135 Å². The van der Waals surface area contributed by atoms with E-state index in [0.29, 0.717) is 6.41 Å². The maximum atomic E-state index is 13.7. The summed E-state index contributed by atoms with van der Waals surface area (Å²) in [6, 6.07) is 2.16. The van der Waals surface area contributed by atoms with Crippen LogP contribution in [0.25, 0.3) is 0 Å². The minimum atomic E-state index is -0.884. The van der Waals surface area contributed by atoms with Crippen LogP contribution in [0.4, 0.5) is 13.8 Å². The molecule has 0 radical (unpaired) electrons. The van der Waals surface area contributed by atoms with E-state index in [4.69, 9.17) is 10.5 Å². The Hall–Kier alpha value is -2.07. The molecule has 2 rings (SSSR count). The average molecular weight is 392 g/mol. The smallest absolute Gasteiger partial charge is 0.257 e. The van der Waals surface area contributed by atoms with Gasteiger partial charge in [-0.2, -0.15) is 4.37 Å². The third kappa shape index (κ3) is 3.39. The summed E-state index contributed by atoms with van der Waals surface area (Å²) in [5, 5.41) is 2.34. The Balaban J connectivity index is 2.26. The van der Waals surface area contributed by atoms with Crippen molar-refractivity contribution in [2.45, 2.75) is 6.61 Å². The molecule has 0 aliphatic carbocycles. The van der Waals surface area contributed by atoms with E-state index < -0.39 is 24.1 Å². The van der Waals surface area contributed by atoms with Crippen molar-refractivity contribution in [2.24, 2.45) is 5.73 Å². The Morgan fingerprint density at radius 3 is 2.64 bits per heavy atom. The van der Waals surface area contributed by atoms with Crippen LogP contribution in [0.5, 0.6) is 5.88 Å². The van der Waals surface area contributed by atoms with Crippen molar-refractivity contribution in [3.8, 4) is 5.88 Å². The average Bonchev–Trinajstić information content (AvgIpc) is 2.81. The van der Waals surface area contributed by atoms with Gasteiger partial charge in [-0.15, -0.1) is 0 Å². The first-order chi connectivity index (χ1) is 10.4. The summed E-state index contributed by atoms with van der Waals surface area (Å²) >= 11 is 3.72. The van der Waals surface area contributed by atoms with Gasteiger partial charge in [0, 0.05) is 4.47 Å². The number of hydrogen-bond acceptors (Lipinski definition) is 5. The summed E-state index contributed by atoms with van der Waals surface area (Å²) < 4.78 is 36.6. The summed E-state index contributed by atoms with van der Waals surface area (Å²) in [6.07, 6.45) is 0.345. The first-order valence-electron chi connectivity index (χ1n) is 5.70. The fraction of sp³-hybridized carbons (Fsp3) is 0.0833. The van der Waals surface area contributed by atoms with E-state index in [1.807, 2.05) is 0 Å². The van der Waals surface area contributed by atoms with Crippen LogP contribution in [0, 0.1) is 11.6 Å². The van der Waals surface area contributed by atoms with Gasteiger partial charge in [-0.3, -0.25) is 9.59 Å². The summed E-state index contributed by atoms with van der Waals surface area (Å²) in [5.41, 5.74) is 4.70. The van der Waals surface area contributed by atoms with Gasteiger partial charge in [0.25, 0.3) is 5.91 Å². The Bertz CT molecular complexity index is 715. The summed E-state index contributed by atoms with van der Waals surface area (Å²) in [4.78, 5) is 21.8. The molecule has 116 valence electrons. The van der Waals surface area contributed by atoms with Gasteiger partial charge in [0.2, 0.25) is 12.3 Å². The quantitative estimate of drug-likeness (QED) is 0.739. The molecule has 0 fully saturated rings. The molecule has 10 heteroatoms. The van der Waals surface area contributed by atoms with Crippen molar-refractivity contribution in [2.75, 3.05) is 5.32 Å². The fourth-order valence-electron chi connectivity index (χ4n) is 1.59. The number of ether oxygens (including phenoxy) is 1. The SMILES string of the molecule is NC(=O)c1c(OCc2c(F)cc(Br)cc2F)nsc1NC=O. The number of carbonyl (C=O) groups is 2. The molecular formula is C12H8BrF2N3O3S. The molecule has 3 N–H and O–H groups in total. The summed E-state index contributed by atoms with van der Waals surface area (Å²) in [6.45, 7) is -0.491. The van der Waals surface area contributed by atoms with Gasteiger partial charge in [-0.1, -0.05) is 15.9 Å². The van der Waals surface area contributed by atoms with E-state index in [0.717, 1.165) is 23.7 Å². The van der Waals surface area contributed by atoms with Crippen LogP contribution in [0.15, 0.2) is 16.6 Å². The number of carbonyl (C=O) groups excluding carboxylic acids is 2. The van der Waals surface area contributed by atoms with Crippen LogP contribution in [-0.2, 0) is 11.4 Å². The zero-order chi connectivity index (χ0) is 16.3. The topological polar surface area (TPSA) is 94.3 Å². The largest absolute Gasteiger partial charge is 0.471 e. The number of halogens is 3. The van der Waals surface area contributed by atoms with Crippen LogP contribution in [0.1, 0.15) is 15.9 Å². The monoisotopic (exact) mass is 391 g/mol. The lowest BCUT2D eigenvalue weighted by molar-refractivity contribution is -0.105. The van der Waals surface area contributed by atoms with E-state index >= 15 is 0 Å². The minimum absolute atomic E-state index is 0.0919. The van der Waals surface area contributed by atoms with Crippen LogP contribution < -0.4 is 15.8 Å². The second-order valence-corrected chi connectivity index (χ2v) is 5.64. The van der Waals surface area contributed by atoms with Crippen molar-refractivity contribution in [1.82, 2.24) is 4.37 Å². The molecule has 6 nitrogen and oxygen atoms in total. The van der Waals surface area contributed by atoms with Gasteiger partial charge >= 0.3 is 0 Å². The maximum absolute atomic E-state index is 13.7. The van der Waals surface area contributed by atoms with E-state index in [2.05, 4.69) is 25.6 Å². The maximum Gasteiger partial charge on any atom is 0.257 e. The molecule has 1 aromatic heterocycles. The number of aromatic nitrogens is 1. The lowest BCUT2D eigenvalue weighted by Gasteiger charge is -2.08. The number of hydrogen-bond donors (Lipinski definition) is 2. The van der Waals surface area contributed by atoms with Crippen molar-refractivity contribution in [3.05, 3.63) is 39.4 Å². The van der Waals surface area contributed by atoms with E-state index in [1.54, 1.807) is 0 Å². The lowest BCUT2D eigenvalue weighted by Crippen LogP contribution is -2.14. The van der Waals surface area contributed by atoms with Gasteiger partial charge in [-0.25, -0.2) is 8.78 Å². The minimum Gasteiger partial charge on any atom is -0.471 e. The number of nitrogens with one attached hydrogen (secondary N) is 1. The Morgan fingerprint density at radius 1 is 1.45 bits per heavy atom. The molecule has 2 amide bonds. The molecule has 22 heavy (non-hydrogen) atoms. The van der Waals surface area contributed by atoms with Crippen LogP contribution >= 0.6 is 27.5 Å². The van der Waals surface area contributed by atoms with Gasteiger partial charge < -0.3 is 15.8 Å². The highest BCUT2D eigenvalue weighted by Crippen LogP contribution is 2.30. The third-order valence-electron chi connectivity index (χ3n) is 2.56. The van der Waals surface area contributed by atoms with E-state index in [1.165, 1.54) is 0 Å².